The average molecular weight is 281 g/mol. The molecule has 1 nitrogen and oxygen atoms in total. The van der Waals surface area contributed by atoms with E-state index in [9.17, 15) is 0 Å². The molecule has 0 aliphatic rings. The Bertz CT molecular complexity index is 263. The zero-order chi connectivity index (χ0) is 7.56. The van der Waals surface area contributed by atoms with E-state index in [2.05, 4.69) is 37.9 Å². The molecule has 0 aliphatic carbocycles. The van der Waals surface area contributed by atoms with Gasteiger partial charge in [-0.15, -0.1) is 11.3 Å². The summed E-state index contributed by atoms with van der Waals surface area (Å²) in [5.74, 6) is 0. The molecule has 10 heavy (non-hydrogen) atoms. The quantitative estimate of drug-likeness (QED) is 0.723. The Labute approximate surface area is 79.9 Å². The molecule has 0 amide bonds. The number of nitriles is 1. The first-order chi connectivity index (χ1) is 4.74. The van der Waals surface area contributed by atoms with Crippen molar-refractivity contribution in [2.45, 2.75) is 4.83 Å². The highest BCUT2D eigenvalue weighted by Crippen LogP contribution is 2.30. The van der Waals surface area contributed by atoms with Crippen LogP contribution in [0.15, 0.2) is 15.9 Å². The molecule has 0 saturated carbocycles. The van der Waals surface area contributed by atoms with Crippen LogP contribution in [0.25, 0.3) is 0 Å². The fourth-order valence-electron chi connectivity index (χ4n) is 0.525. The van der Waals surface area contributed by atoms with Gasteiger partial charge in [-0.1, -0.05) is 15.9 Å². The normalized spacial score (nSPS) is 12.5. The van der Waals surface area contributed by atoms with E-state index in [-0.39, 0.29) is 4.83 Å². The van der Waals surface area contributed by atoms with Crippen LogP contribution < -0.4 is 0 Å². The zero-order valence-electron chi connectivity index (χ0n) is 4.84. The van der Waals surface area contributed by atoms with E-state index in [0.29, 0.717) is 0 Å². The summed E-state index contributed by atoms with van der Waals surface area (Å²) in [7, 11) is 0. The molecule has 52 valence electrons. The number of halogens is 2. The van der Waals surface area contributed by atoms with E-state index in [1.807, 2.05) is 11.4 Å². The van der Waals surface area contributed by atoms with Gasteiger partial charge in [-0.2, -0.15) is 5.26 Å². The monoisotopic (exact) mass is 279 g/mol. The van der Waals surface area contributed by atoms with Crippen LogP contribution in [0.4, 0.5) is 0 Å². The molecule has 0 saturated heterocycles. The molecule has 1 aromatic heterocycles. The minimum absolute atomic E-state index is 0.163. The van der Waals surface area contributed by atoms with Gasteiger partial charge in [0.15, 0.2) is 0 Å². The van der Waals surface area contributed by atoms with E-state index in [1.165, 1.54) is 0 Å². The summed E-state index contributed by atoms with van der Waals surface area (Å²) in [5, 5.41) is 10.5. The number of nitrogens with zero attached hydrogens (tertiary/aromatic N) is 1. The Kier molecular flexibility index (Phi) is 2.90. The largest absolute Gasteiger partial charge is 0.197 e. The average Bonchev–Trinajstić information content (AvgIpc) is 2.34. The highest BCUT2D eigenvalue weighted by Gasteiger charge is 2.06. The number of thiophene rings is 1. The molecule has 1 unspecified atom stereocenters. The van der Waals surface area contributed by atoms with Gasteiger partial charge >= 0.3 is 0 Å². The topological polar surface area (TPSA) is 23.8 Å². The van der Waals surface area contributed by atoms with Crippen molar-refractivity contribution in [3.8, 4) is 6.07 Å². The maximum atomic E-state index is 8.49. The Balaban J connectivity index is 2.87. The number of alkyl halides is 1. The van der Waals surface area contributed by atoms with E-state index in [1.54, 1.807) is 11.3 Å². The van der Waals surface area contributed by atoms with Crippen molar-refractivity contribution < 1.29 is 0 Å². The Morgan fingerprint density at radius 3 is 2.80 bits per heavy atom. The first kappa shape index (κ1) is 8.25. The summed E-state index contributed by atoms with van der Waals surface area (Å²) >= 11 is 8.10. The number of hydrogen-bond donors (Lipinski definition) is 0. The highest BCUT2D eigenvalue weighted by molar-refractivity contribution is 9.10. The van der Waals surface area contributed by atoms with Crippen LogP contribution in [0.2, 0.25) is 0 Å². The Morgan fingerprint density at radius 1 is 1.70 bits per heavy atom. The molecule has 0 fully saturated rings. The second-order valence-electron chi connectivity index (χ2n) is 1.66. The minimum atomic E-state index is -0.163. The van der Waals surface area contributed by atoms with Gasteiger partial charge in [0.1, 0.15) is 4.83 Å². The van der Waals surface area contributed by atoms with Gasteiger partial charge in [-0.3, -0.25) is 0 Å². The Hall–Kier alpha value is 0.150. The molecule has 0 bridgehead atoms. The van der Waals surface area contributed by atoms with E-state index >= 15 is 0 Å². The summed E-state index contributed by atoms with van der Waals surface area (Å²) in [5.41, 5.74) is 0. The molecule has 0 spiro atoms. The number of hydrogen-bond acceptors (Lipinski definition) is 2. The highest BCUT2D eigenvalue weighted by atomic mass is 79.9. The lowest BCUT2D eigenvalue weighted by atomic mass is 10.4. The molecule has 1 aromatic rings. The van der Waals surface area contributed by atoms with Crippen molar-refractivity contribution in [1.82, 2.24) is 0 Å². The molecule has 4 heteroatoms. The summed E-state index contributed by atoms with van der Waals surface area (Å²) in [4.78, 5) is 0.873. The molecule has 0 aromatic carbocycles. The van der Waals surface area contributed by atoms with Crippen molar-refractivity contribution in [3.05, 3.63) is 20.8 Å². The molecule has 1 atom stereocenters. The standard InChI is InChI=1S/C6H3Br2NS/c7-4-1-6(10-3-4)5(8)2-9/h1,3,5H. The van der Waals surface area contributed by atoms with Crippen LogP contribution >= 0.6 is 43.2 Å². The van der Waals surface area contributed by atoms with Crippen molar-refractivity contribution in [2.75, 3.05) is 0 Å². The first-order valence-electron chi connectivity index (χ1n) is 2.51. The summed E-state index contributed by atoms with van der Waals surface area (Å²) in [6, 6.07) is 4.04. The van der Waals surface area contributed by atoms with Gasteiger partial charge in [0.25, 0.3) is 0 Å². The maximum Gasteiger partial charge on any atom is 0.135 e. The smallest absolute Gasteiger partial charge is 0.135 e. The zero-order valence-corrected chi connectivity index (χ0v) is 8.83. The molecule has 0 N–H and O–H groups in total. The third kappa shape index (κ3) is 1.82. The van der Waals surface area contributed by atoms with Crippen molar-refractivity contribution >= 4 is 43.2 Å². The lowest BCUT2D eigenvalue weighted by Gasteiger charge is -1.90. The lowest BCUT2D eigenvalue weighted by molar-refractivity contribution is 1.30. The molecule has 1 heterocycles. The van der Waals surface area contributed by atoms with Gasteiger partial charge < -0.3 is 0 Å². The van der Waals surface area contributed by atoms with E-state index in [4.69, 9.17) is 5.26 Å². The summed E-state index contributed by atoms with van der Waals surface area (Å²) in [6.07, 6.45) is 0. The van der Waals surface area contributed by atoms with Crippen LogP contribution in [-0.4, -0.2) is 0 Å². The third-order valence-electron chi connectivity index (χ3n) is 0.951. The van der Waals surface area contributed by atoms with Crippen LogP contribution in [-0.2, 0) is 0 Å². The molecular weight excluding hydrogens is 278 g/mol. The van der Waals surface area contributed by atoms with Crippen LogP contribution in [0.3, 0.4) is 0 Å². The van der Waals surface area contributed by atoms with Gasteiger partial charge in [0.05, 0.1) is 6.07 Å². The van der Waals surface area contributed by atoms with Gasteiger partial charge in [0.2, 0.25) is 0 Å². The fourth-order valence-corrected chi connectivity index (χ4v) is 2.34. The molecule has 0 aliphatic heterocycles. The van der Waals surface area contributed by atoms with Crippen LogP contribution in [0, 0.1) is 11.3 Å². The first-order valence-corrected chi connectivity index (χ1v) is 5.10. The minimum Gasteiger partial charge on any atom is -0.197 e. The van der Waals surface area contributed by atoms with Crippen LogP contribution in [0.1, 0.15) is 9.70 Å². The third-order valence-corrected chi connectivity index (χ3v) is 3.71. The second kappa shape index (κ2) is 3.51. The summed E-state index contributed by atoms with van der Waals surface area (Å²) < 4.78 is 1.03. The Morgan fingerprint density at radius 2 is 2.40 bits per heavy atom. The predicted molar refractivity (Wildman–Crippen MR) is 49.3 cm³/mol. The number of rotatable bonds is 1. The van der Waals surface area contributed by atoms with Crippen molar-refractivity contribution in [3.63, 3.8) is 0 Å². The van der Waals surface area contributed by atoms with Crippen LogP contribution in [0.5, 0.6) is 0 Å². The van der Waals surface area contributed by atoms with Crippen molar-refractivity contribution in [2.24, 2.45) is 0 Å². The van der Waals surface area contributed by atoms with Crippen molar-refractivity contribution in [1.29, 1.82) is 5.26 Å². The lowest BCUT2D eigenvalue weighted by Crippen LogP contribution is -1.76. The molecular formula is C6H3Br2NS. The van der Waals surface area contributed by atoms with E-state index < -0.39 is 0 Å². The maximum absolute atomic E-state index is 8.49. The predicted octanol–water partition coefficient (Wildman–Crippen LogP) is 3.47. The van der Waals surface area contributed by atoms with Gasteiger partial charge in [0, 0.05) is 14.7 Å². The van der Waals surface area contributed by atoms with Gasteiger partial charge in [-0.25, -0.2) is 0 Å². The SMILES string of the molecule is N#CC(Br)c1cc(Br)cs1. The second-order valence-corrected chi connectivity index (χ2v) is 4.43. The van der Waals surface area contributed by atoms with E-state index in [0.717, 1.165) is 9.35 Å². The van der Waals surface area contributed by atoms with Gasteiger partial charge in [-0.05, 0) is 22.0 Å². The molecule has 0 radical (unpaired) electrons. The summed E-state index contributed by atoms with van der Waals surface area (Å²) in [6.45, 7) is 0. The fraction of sp³-hybridized carbons (Fsp3) is 0.167. The molecule has 1 rings (SSSR count).